The van der Waals surface area contributed by atoms with Crippen molar-refractivity contribution in [2.45, 2.75) is 26.3 Å². The molecule has 2 heterocycles. The topological polar surface area (TPSA) is 42.4 Å². The van der Waals surface area contributed by atoms with Gasteiger partial charge >= 0.3 is 0 Å². The Balaban J connectivity index is 2.12. The molecule has 0 spiro atoms. The lowest BCUT2D eigenvalue weighted by molar-refractivity contribution is 0.0731. The second kappa shape index (κ2) is 5.76. The molecule has 1 saturated heterocycles. The summed E-state index contributed by atoms with van der Waals surface area (Å²) in [5.74, 6) is 1.14. The van der Waals surface area contributed by atoms with E-state index in [2.05, 4.69) is 18.8 Å². The molecule has 0 saturated carbocycles. The van der Waals surface area contributed by atoms with Crippen molar-refractivity contribution in [1.29, 1.82) is 0 Å². The molecule has 1 unspecified atom stereocenters. The zero-order valence-electron chi connectivity index (χ0n) is 13.0. The van der Waals surface area contributed by atoms with E-state index in [1.54, 1.807) is 13.2 Å². The highest BCUT2D eigenvalue weighted by atomic mass is 35.5. The van der Waals surface area contributed by atoms with Crippen LogP contribution in [0.5, 0.6) is 5.75 Å². The van der Waals surface area contributed by atoms with Gasteiger partial charge in [0.2, 0.25) is 0 Å². The van der Waals surface area contributed by atoms with E-state index in [0.717, 1.165) is 23.7 Å². The SMILES string of the molecule is COc1cccc2c(C(=O)N3CC[C@@H](C)C3C)nc(Cl)cc12. The Morgan fingerprint density at radius 2 is 2.14 bits per heavy atom. The van der Waals surface area contributed by atoms with Gasteiger partial charge in [0, 0.05) is 23.4 Å². The molecule has 2 atom stereocenters. The monoisotopic (exact) mass is 318 g/mol. The van der Waals surface area contributed by atoms with Crippen LogP contribution in [0.3, 0.4) is 0 Å². The molecule has 22 heavy (non-hydrogen) atoms. The zero-order valence-corrected chi connectivity index (χ0v) is 13.7. The van der Waals surface area contributed by atoms with E-state index in [9.17, 15) is 4.79 Å². The number of nitrogens with zero attached hydrogens (tertiary/aromatic N) is 2. The lowest BCUT2D eigenvalue weighted by Crippen LogP contribution is -2.36. The molecule has 3 rings (SSSR count). The molecule has 1 aromatic heterocycles. The van der Waals surface area contributed by atoms with Crippen molar-refractivity contribution in [1.82, 2.24) is 9.88 Å². The smallest absolute Gasteiger partial charge is 0.273 e. The lowest BCUT2D eigenvalue weighted by atomic mass is 10.0. The maximum Gasteiger partial charge on any atom is 0.273 e. The molecule has 0 aliphatic carbocycles. The molecule has 116 valence electrons. The Kier molecular flexibility index (Phi) is 3.96. The van der Waals surface area contributed by atoms with Crippen LogP contribution in [0.15, 0.2) is 24.3 Å². The van der Waals surface area contributed by atoms with Gasteiger partial charge in [-0.3, -0.25) is 4.79 Å². The summed E-state index contributed by atoms with van der Waals surface area (Å²) >= 11 is 6.13. The van der Waals surface area contributed by atoms with Crippen LogP contribution in [-0.2, 0) is 0 Å². The Morgan fingerprint density at radius 1 is 1.36 bits per heavy atom. The van der Waals surface area contributed by atoms with Crippen LogP contribution in [-0.4, -0.2) is 35.5 Å². The molecule has 1 aromatic carbocycles. The van der Waals surface area contributed by atoms with Gasteiger partial charge in [-0.1, -0.05) is 30.7 Å². The van der Waals surface area contributed by atoms with E-state index in [4.69, 9.17) is 16.3 Å². The van der Waals surface area contributed by atoms with Crippen molar-refractivity contribution in [3.8, 4) is 5.75 Å². The Hall–Kier alpha value is -1.81. The fraction of sp³-hybridized carbons (Fsp3) is 0.412. The number of methoxy groups -OCH3 is 1. The predicted octanol–water partition coefficient (Wildman–Crippen LogP) is 3.77. The maximum absolute atomic E-state index is 12.9. The quantitative estimate of drug-likeness (QED) is 0.792. The number of hydrogen-bond donors (Lipinski definition) is 0. The van der Waals surface area contributed by atoms with Gasteiger partial charge in [-0.25, -0.2) is 4.98 Å². The maximum atomic E-state index is 12.9. The highest BCUT2D eigenvalue weighted by molar-refractivity contribution is 6.30. The third-order valence-electron chi connectivity index (χ3n) is 4.63. The summed E-state index contributed by atoms with van der Waals surface area (Å²) < 4.78 is 5.37. The number of hydrogen-bond acceptors (Lipinski definition) is 3. The van der Waals surface area contributed by atoms with Crippen molar-refractivity contribution >= 4 is 28.3 Å². The van der Waals surface area contributed by atoms with Gasteiger partial charge in [0.15, 0.2) is 0 Å². The molecule has 1 amide bonds. The number of carbonyl (C=O) groups is 1. The Bertz CT molecular complexity index is 732. The summed E-state index contributed by atoms with van der Waals surface area (Å²) in [6.07, 6.45) is 1.02. The van der Waals surface area contributed by atoms with Gasteiger partial charge in [0.05, 0.1) is 7.11 Å². The van der Waals surface area contributed by atoms with Crippen LogP contribution < -0.4 is 4.74 Å². The van der Waals surface area contributed by atoms with Crippen LogP contribution >= 0.6 is 11.6 Å². The summed E-state index contributed by atoms with van der Waals surface area (Å²) in [4.78, 5) is 19.1. The molecule has 5 heteroatoms. The number of benzene rings is 1. The minimum atomic E-state index is -0.0578. The number of carbonyl (C=O) groups excluding carboxylic acids is 1. The van der Waals surface area contributed by atoms with E-state index in [0.29, 0.717) is 22.5 Å². The first kappa shape index (κ1) is 15.1. The first-order chi connectivity index (χ1) is 10.5. The number of pyridine rings is 1. The van der Waals surface area contributed by atoms with E-state index < -0.39 is 0 Å². The average Bonchev–Trinajstić information content (AvgIpc) is 2.85. The molecule has 0 bridgehead atoms. The number of likely N-dealkylation sites (tertiary alicyclic amines) is 1. The van der Waals surface area contributed by atoms with Crippen LogP contribution in [0.4, 0.5) is 0 Å². The normalized spacial score (nSPS) is 21.4. The van der Waals surface area contributed by atoms with Crippen LogP contribution in [0.25, 0.3) is 10.8 Å². The second-order valence-electron chi connectivity index (χ2n) is 5.85. The standard InChI is InChI=1S/C17H19ClN2O2/c1-10-7-8-20(11(10)2)17(21)16-12-5-4-6-14(22-3)13(12)9-15(18)19-16/h4-6,9-11H,7-8H2,1-3H3/t10-,11?/m1/s1. The van der Waals surface area contributed by atoms with E-state index in [-0.39, 0.29) is 11.9 Å². The van der Waals surface area contributed by atoms with Crippen molar-refractivity contribution in [2.75, 3.05) is 13.7 Å². The Labute approximate surface area is 135 Å². The van der Waals surface area contributed by atoms with E-state index in [1.165, 1.54) is 0 Å². The molecule has 2 aromatic rings. The fourth-order valence-electron chi connectivity index (χ4n) is 3.08. The van der Waals surface area contributed by atoms with Gasteiger partial charge in [0.1, 0.15) is 16.6 Å². The van der Waals surface area contributed by atoms with Gasteiger partial charge in [-0.05, 0) is 31.4 Å². The van der Waals surface area contributed by atoms with E-state index in [1.807, 2.05) is 23.1 Å². The minimum Gasteiger partial charge on any atom is -0.496 e. The minimum absolute atomic E-state index is 0.0578. The largest absolute Gasteiger partial charge is 0.496 e. The van der Waals surface area contributed by atoms with Gasteiger partial charge in [-0.2, -0.15) is 0 Å². The number of rotatable bonds is 2. The van der Waals surface area contributed by atoms with Crippen LogP contribution in [0.1, 0.15) is 30.8 Å². The first-order valence-electron chi connectivity index (χ1n) is 7.47. The zero-order chi connectivity index (χ0) is 15.9. The van der Waals surface area contributed by atoms with Crippen molar-refractivity contribution in [3.05, 3.63) is 35.1 Å². The van der Waals surface area contributed by atoms with E-state index >= 15 is 0 Å². The molecular weight excluding hydrogens is 300 g/mol. The molecule has 0 N–H and O–H groups in total. The number of amides is 1. The van der Waals surface area contributed by atoms with Crippen molar-refractivity contribution < 1.29 is 9.53 Å². The predicted molar refractivity (Wildman–Crippen MR) is 87.6 cm³/mol. The molecule has 1 aliphatic heterocycles. The molecule has 0 radical (unpaired) electrons. The number of ether oxygens (including phenoxy) is 1. The van der Waals surface area contributed by atoms with Crippen molar-refractivity contribution in [2.24, 2.45) is 5.92 Å². The molecule has 4 nitrogen and oxygen atoms in total. The highest BCUT2D eigenvalue weighted by Crippen LogP contribution is 2.32. The molecular formula is C17H19ClN2O2. The van der Waals surface area contributed by atoms with Gasteiger partial charge in [0.25, 0.3) is 5.91 Å². The summed E-state index contributed by atoms with van der Waals surface area (Å²) in [7, 11) is 1.61. The van der Waals surface area contributed by atoms with Gasteiger partial charge in [-0.15, -0.1) is 0 Å². The average molecular weight is 319 g/mol. The summed E-state index contributed by atoms with van der Waals surface area (Å²) in [6.45, 7) is 5.02. The lowest BCUT2D eigenvalue weighted by Gasteiger charge is -2.23. The molecule has 1 fully saturated rings. The second-order valence-corrected chi connectivity index (χ2v) is 6.24. The van der Waals surface area contributed by atoms with Crippen LogP contribution in [0, 0.1) is 5.92 Å². The van der Waals surface area contributed by atoms with Crippen LogP contribution in [0.2, 0.25) is 5.15 Å². The third kappa shape index (κ3) is 2.41. The Morgan fingerprint density at radius 3 is 2.77 bits per heavy atom. The summed E-state index contributed by atoms with van der Waals surface area (Å²) in [5.41, 5.74) is 0.405. The first-order valence-corrected chi connectivity index (χ1v) is 7.85. The molecule has 1 aliphatic rings. The van der Waals surface area contributed by atoms with Gasteiger partial charge < -0.3 is 9.64 Å². The summed E-state index contributed by atoms with van der Waals surface area (Å²) in [6, 6.07) is 7.56. The number of halogens is 1. The number of fused-ring (bicyclic) bond motifs is 1. The van der Waals surface area contributed by atoms with Crippen molar-refractivity contribution in [3.63, 3.8) is 0 Å². The number of aromatic nitrogens is 1. The third-order valence-corrected chi connectivity index (χ3v) is 4.82. The fourth-order valence-corrected chi connectivity index (χ4v) is 3.27. The summed E-state index contributed by atoms with van der Waals surface area (Å²) in [5, 5.41) is 1.90. The highest BCUT2D eigenvalue weighted by Gasteiger charge is 2.33.